The predicted octanol–water partition coefficient (Wildman–Crippen LogP) is 3.15. The molecule has 132 valence electrons. The first kappa shape index (κ1) is 19.7. The Bertz CT molecular complexity index is 551. The largest absolute Gasteiger partial charge is 0.494 e. The SMILES string of the molecule is CCCOc1ccc(/C=C/C(=O)N(CC)CC(C)C(=O)OC)cc1. The van der Waals surface area contributed by atoms with E-state index in [9.17, 15) is 9.59 Å². The van der Waals surface area contributed by atoms with Crippen LogP contribution in [0.1, 0.15) is 32.8 Å². The molecule has 0 radical (unpaired) electrons. The van der Waals surface area contributed by atoms with Gasteiger partial charge in [-0.2, -0.15) is 0 Å². The molecule has 5 nitrogen and oxygen atoms in total. The highest BCUT2D eigenvalue weighted by molar-refractivity contribution is 5.92. The van der Waals surface area contributed by atoms with Crippen molar-refractivity contribution in [3.05, 3.63) is 35.9 Å². The van der Waals surface area contributed by atoms with Crippen molar-refractivity contribution in [1.82, 2.24) is 4.90 Å². The molecule has 24 heavy (non-hydrogen) atoms. The first-order valence-corrected chi connectivity index (χ1v) is 8.29. The minimum atomic E-state index is -0.345. The Hall–Kier alpha value is -2.30. The standard InChI is InChI=1S/C19H27NO4/c1-5-13-24-17-10-7-16(8-11-17)9-12-18(21)20(6-2)14-15(3)19(22)23-4/h7-12,15H,5-6,13-14H2,1-4H3/b12-9+. The van der Waals surface area contributed by atoms with Crippen molar-refractivity contribution < 1.29 is 19.1 Å². The number of hydrogen-bond donors (Lipinski definition) is 0. The van der Waals surface area contributed by atoms with Gasteiger partial charge < -0.3 is 14.4 Å². The molecule has 0 aliphatic heterocycles. The van der Waals surface area contributed by atoms with E-state index in [0.29, 0.717) is 19.7 Å². The number of nitrogens with zero attached hydrogens (tertiary/aromatic N) is 1. The van der Waals surface area contributed by atoms with Gasteiger partial charge in [-0.05, 0) is 37.1 Å². The molecule has 0 saturated carbocycles. The number of carbonyl (C=O) groups excluding carboxylic acids is 2. The molecular formula is C19H27NO4. The number of likely N-dealkylation sites (N-methyl/N-ethyl adjacent to an activating group) is 1. The summed E-state index contributed by atoms with van der Waals surface area (Å²) in [6.07, 6.45) is 4.25. The van der Waals surface area contributed by atoms with Crippen LogP contribution in [0.25, 0.3) is 6.08 Å². The summed E-state index contributed by atoms with van der Waals surface area (Å²) in [5, 5.41) is 0. The minimum absolute atomic E-state index is 0.125. The van der Waals surface area contributed by atoms with Gasteiger partial charge in [0, 0.05) is 19.2 Å². The average molecular weight is 333 g/mol. The maximum absolute atomic E-state index is 12.3. The van der Waals surface area contributed by atoms with E-state index < -0.39 is 0 Å². The highest BCUT2D eigenvalue weighted by Gasteiger charge is 2.18. The Kier molecular flexibility index (Phi) is 8.61. The maximum Gasteiger partial charge on any atom is 0.310 e. The van der Waals surface area contributed by atoms with Crippen LogP contribution in [0.2, 0.25) is 0 Å². The van der Waals surface area contributed by atoms with Gasteiger partial charge >= 0.3 is 5.97 Å². The van der Waals surface area contributed by atoms with Crippen LogP contribution in [-0.4, -0.2) is 43.6 Å². The highest BCUT2D eigenvalue weighted by Crippen LogP contribution is 2.13. The fourth-order valence-electron chi connectivity index (χ4n) is 2.15. The molecule has 1 atom stereocenters. The molecule has 1 aromatic carbocycles. The summed E-state index contributed by atoms with van der Waals surface area (Å²) in [6.45, 7) is 7.27. The monoisotopic (exact) mass is 333 g/mol. The molecule has 0 aliphatic carbocycles. The van der Waals surface area contributed by atoms with Gasteiger partial charge in [0.1, 0.15) is 5.75 Å². The molecule has 0 N–H and O–H groups in total. The van der Waals surface area contributed by atoms with E-state index in [1.807, 2.05) is 31.2 Å². The van der Waals surface area contributed by atoms with Crippen molar-refractivity contribution in [2.24, 2.45) is 5.92 Å². The summed E-state index contributed by atoms with van der Waals surface area (Å²) in [6, 6.07) is 7.58. The van der Waals surface area contributed by atoms with E-state index in [0.717, 1.165) is 17.7 Å². The third-order valence-electron chi connectivity index (χ3n) is 3.56. The number of rotatable bonds is 9. The summed E-state index contributed by atoms with van der Waals surface area (Å²) >= 11 is 0. The quantitative estimate of drug-likeness (QED) is 0.514. The lowest BCUT2D eigenvalue weighted by Gasteiger charge is -2.22. The minimum Gasteiger partial charge on any atom is -0.494 e. The smallest absolute Gasteiger partial charge is 0.310 e. The molecule has 1 rings (SSSR count). The first-order chi connectivity index (χ1) is 11.5. The molecule has 0 aromatic heterocycles. The molecule has 0 spiro atoms. The predicted molar refractivity (Wildman–Crippen MR) is 94.7 cm³/mol. The van der Waals surface area contributed by atoms with Crippen LogP contribution in [0.4, 0.5) is 0 Å². The van der Waals surface area contributed by atoms with Crippen molar-refractivity contribution >= 4 is 18.0 Å². The lowest BCUT2D eigenvalue weighted by atomic mass is 10.1. The lowest BCUT2D eigenvalue weighted by Crippen LogP contribution is -2.36. The lowest BCUT2D eigenvalue weighted by molar-refractivity contribution is -0.146. The molecule has 0 heterocycles. The summed E-state index contributed by atoms with van der Waals surface area (Å²) in [4.78, 5) is 25.4. The molecule has 0 saturated heterocycles. The zero-order valence-electron chi connectivity index (χ0n) is 15.0. The van der Waals surface area contributed by atoms with Crippen LogP contribution in [0.5, 0.6) is 5.75 Å². The van der Waals surface area contributed by atoms with Crippen LogP contribution in [-0.2, 0) is 14.3 Å². The molecule has 0 bridgehead atoms. The molecular weight excluding hydrogens is 306 g/mol. The van der Waals surface area contributed by atoms with E-state index in [1.165, 1.54) is 13.2 Å². The summed E-state index contributed by atoms with van der Waals surface area (Å²) in [7, 11) is 1.35. The van der Waals surface area contributed by atoms with Crippen LogP contribution >= 0.6 is 0 Å². The zero-order valence-corrected chi connectivity index (χ0v) is 15.0. The van der Waals surface area contributed by atoms with Gasteiger partial charge in [-0.15, -0.1) is 0 Å². The number of carbonyl (C=O) groups is 2. The number of amides is 1. The van der Waals surface area contributed by atoms with Crippen LogP contribution < -0.4 is 4.74 Å². The first-order valence-electron chi connectivity index (χ1n) is 8.29. The fraction of sp³-hybridized carbons (Fsp3) is 0.474. The van der Waals surface area contributed by atoms with Crippen molar-refractivity contribution in [1.29, 1.82) is 0 Å². The second-order valence-corrected chi connectivity index (χ2v) is 5.55. The van der Waals surface area contributed by atoms with Crippen molar-refractivity contribution in [3.8, 4) is 5.75 Å². The summed E-state index contributed by atoms with van der Waals surface area (Å²) in [5.74, 6) is 0.0390. The number of esters is 1. The van der Waals surface area contributed by atoms with Gasteiger partial charge in [0.15, 0.2) is 0 Å². The van der Waals surface area contributed by atoms with Gasteiger partial charge in [-0.3, -0.25) is 9.59 Å². The second kappa shape index (κ2) is 10.5. The second-order valence-electron chi connectivity index (χ2n) is 5.55. The van der Waals surface area contributed by atoms with Crippen molar-refractivity contribution in [2.75, 3.05) is 26.8 Å². The highest BCUT2D eigenvalue weighted by atomic mass is 16.5. The van der Waals surface area contributed by atoms with E-state index in [2.05, 4.69) is 6.92 Å². The van der Waals surface area contributed by atoms with E-state index in [1.54, 1.807) is 17.9 Å². The fourth-order valence-corrected chi connectivity index (χ4v) is 2.15. The van der Waals surface area contributed by atoms with Crippen molar-refractivity contribution in [3.63, 3.8) is 0 Å². The Labute approximate surface area is 144 Å². The Morgan fingerprint density at radius 2 is 1.88 bits per heavy atom. The Balaban J connectivity index is 2.63. The average Bonchev–Trinajstić information content (AvgIpc) is 2.62. The van der Waals surface area contributed by atoms with Gasteiger partial charge in [-0.1, -0.05) is 26.0 Å². The topological polar surface area (TPSA) is 55.8 Å². The third kappa shape index (κ3) is 6.44. The van der Waals surface area contributed by atoms with Crippen molar-refractivity contribution in [2.45, 2.75) is 27.2 Å². The van der Waals surface area contributed by atoms with Gasteiger partial charge in [0.25, 0.3) is 0 Å². The Morgan fingerprint density at radius 3 is 2.42 bits per heavy atom. The number of methoxy groups -OCH3 is 1. The van der Waals surface area contributed by atoms with Gasteiger partial charge in [0.2, 0.25) is 5.91 Å². The van der Waals surface area contributed by atoms with E-state index >= 15 is 0 Å². The molecule has 1 aromatic rings. The van der Waals surface area contributed by atoms with Gasteiger partial charge in [0.05, 0.1) is 19.6 Å². The van der Waals surface area contributed by atoms with Crippen LogP contribution in [0.15, 0.2) is 30.3 Å². The molecule has 5 heteroatoms. The molecule has 1 unspecified atom stereocenters. The normalized spacial score (nSPS) is 12.0. The molecule has 1 amide bonds. The summed E-state index contributed by atoms with van der Waals surface area (Å²) in [5.41, 5.74) is 0.921. The van der Waals surface area contributed by atoms with Crippen LogP contribution in [0, 0.1) is 5.92 Å². The Morgan fingerprint density at radius 1 is 1.21 bits per heavy atom. The number of ether oxygens (including phenoxy) is 2. The zero-order chi connectivity index (χ0) is 17.9. The number of benzene rings is 1. The summed E-state index contributed by atoms with van der Waals surface area (Å²) < 4.78 is 10.2. The van der Waals surface area contributed by atoms with E-state index in [-0.39, 0.29) is 17.8 Å². The molecule has 0 fully saturated rings. The molecule has 0 aliphatic rings. The third-order valence-corrected chi connectivity index (χ3v) is 3.56. The van der Waals surface area contributed by atoms with Crippen LogP contribution in [0.3, 0.4) is 0 Å². The number of hydrogen-bond acceptors (Lipinski definition) is 4. The van der Waals surface area contributed by atoms with E-state index in [4.69, 9.17) is 9.47 Å². The van der Waals surface area contributed by atoms with Gasteiger partial charge in [-0.25, -0.2) is 0 Å². The maximum atomic E-state index is 12.3.